The minimum absolute atomic E-state index is 0.0331. The van der Waals surface area contributed by atoms with E-state index in [0.717, 1.165) is 37.2 Å². The zero-order valence-corrected chi connectivity index (χ0v) is 12.4. The summed E-state index contributed by atoms with van der Waals surface area (Å²) in [5.41, 5.74) is 7.94. The SMILES string of the molecule is CCc1ccccc1C(NN)c1cccc2c1OCCC2. The van der Waals surface area contributed by atoms with Gasteiger partial charge < -0.3 is 4.74 Å². The summed E-state index contributed by atoms with van der Waals surface area (Å²) < 4.78 is 5.94. The lowest BCUT2D eigenvalue weighted by Crippen LogP contribution is -2.30. The third-order valence-electron chi connectivity index (χ3n) is 4.19. The van der Waals surface area contributed by atoms with Crippen molar-refractivity contribution in [2.45, 2.75) is 32.2 Å². The average Bonchev–Trinajstić information content (AvgIpc) is 2.56. The van der Waals surface area contributed by atoms with E-state index in [0.29, 0.717) is 0 Å². The number of hydrazine groups is 1. The van der Waals surface area contributed by atoms with Crippen LogP contribution in [0.5, 0.6) is 5.75 Å². The minimum atomic E-state index is -0.0331. The van der Waals surface area contributed by atoms with E-state index < -0.39 is 0 Å². The number of fused-ring (bicyclic) bond motifs is 1. The molecule has 3 rings (SSSR count). The fraction of sp³-hybridized carbons (Fsp3) is 0.333. The first-order valence-electron chi connectivity index (χ1n) is 7.63. The Balaban J connectivity index is 2.08. The Morgan fingerprint density at radius 3 is 2.76 bits per heavy atom. The molecule has 0 saturated carbocycles. The van der Waals surface area contributed by atoms with Crippen LogP contribution in [0.2, 0.25) is 0 Å². The van der Waals surface area contributed by atoms with Crippen molar-refractivity contribution in [3.05, 3.63) is 64.7 Å². The van der Waals surface area contributed by atoms with Crippen LogP contribution in [0.3, 0.4) is 0 Å². The summed E-state index contributed by atoms with van der Waals surface area (Å²) in [4.78, 5) is 0. The highest BCUT2D eigenvalue weighted by molar-refractivity contribution is 5.49. The summed E-state index contributed by atoms with van der Waals surface area (Å²) in [5, 5.41) is 0. The molecule has 3 heteroatoms. The maximum absolute atomic E-state index is 5.94. The van der Waals surface area contributed by atoms with E-state index in [1.807, 2.05) is 0 Å². The highest BCUT2D eigenvalue weighted by Gasteiger charge is 2.22. The Kier molecular flexibility index (Phi) is 4.23. The lowest BCUT2D eigenvalue weighted by Gasteiger charge is -2.26. The predicted octanol–water partition coefficient (Wildman–Crippen LogP) is 3.13. The van der Waals surface area contributed by atoms with Crippen LogP contribution in [-0.4, -0.2) is 6.61 Å². The van der Waals surface area contributed by atoms with Crippen LogP contribution in [0.25, 0.3) is 0 Å². The number of nitrogens with two attached hydrogens (primary N) is 1. The normalized spacial score (nSPS) is 15.1. The van der Waals surface area contributed by atoms with Crippen molar-refractivity contribution in [3.8, 4) is 5.75 Å². The number of para-hydroxylation sites is 1. The predicted molar refractivity (Wildman–Crippen MR) is 85.2 cm³/mol. The molecule has 0 aromatic heterocycles. The summed E-state index contributed by atoms with van der Waals surface area (Å²) in [6.45, 7) is 2.96. The molecule has 0 saturated heterocycles. The molecule has 1 heterocycles. The zero-order chi connectivity index (χ0) is 14.7. The molecule has 3 nitrogen and oxygen atoms in total. The molecule has 2 aromatic carbocycles. The van der Waals surface area contributed by atoms with Crippen molar-refractivity contribution in [3.63, 3.8) is 0 Å². The van der Waals surface area contributed by atoms with Gasteiger partial charge in [0.25, 0.3) is 0 Å². The van der Waals surface area contributed by atoms with Gasteiger partial charge in [-0.2, -0.15) is 0 Å². The minimum Gasteiger partial charge on any atom is -0.493 e. The summed E-state index contributed by atoms with van der Waals surface area (Å²) in [5.74, 6) is 6.90. The monoisotopic (exact) mass is 282 g/mol. The number of rotatable bonds is 4. The number of aryl methyl sites for hydroxylation is 2. The zero-order valence-electron chi connectivity index (χ0n) is 12.4. The quantitative estimate of drug-likeness (QED) is 0.669. The number of hydrogen-bond donors (Lipinski definition) is 2. The van der Waals surface area contributed by atoms with Gasteiger partial charge in [0.05, 0.1) is 12.6 Å². The molecule has 1 atom stereocenters. The molecule has 0 aliphatic carbocycles. The van der Waals surface area contributed by atoms with Crippen LogP contribution in [0.4, 0.5) is 0 Å². The van der Waals surface area contributed by atoms with E-state index in [9.17, 15) is 0 Å². The van der Waals surface area contributed by atoms with E-state index in [1.165, 1.54) is 16.7 Å². The molecule has 1 aliphatic heterocycles. The Morgan fingerprint density at radius 2 is 1.95 bits per heavy atom. The van der Waals surface area contributed by atoms with Crippen molar-refractivity contribution < 1.29 is 4.74 Å². The molecule has 0 fully saturated rings. The molecule has 0 spiro atoms. The van der Waals surface area contributed by atoms with Gasteiger partial charge in [-0.25, -0.2) is 5.43 Å². The van der Waals surface area contributed by atoms with Gasteiger partial charge in [0.1, 0.15) is 5.75 Å². The largest absolute Gasteiger partial charge is 0.493 e. The lowest BCUT2D eigenvalue weighted by atomic mass is 9.91. The molecule has 0 amide bonds. The topological polar surface area (TPSA) is 47.3 Å². The van der Waals surface area contributed by atoms with Gasteiger partial charge >= 0.3 is 0 Å². The molecule has 21 heavy (non-hydrogen) atoms. The third kappa shape index (κ3) is 2.67. The number of benzene rings is 2. The summed E-state index contributed by atoms with van der Waals surface area (Å²) >= 11 is 0. The second-order valence-corrected chi connectivity index (χ2v) is 5.44. The van der Waals surface area contributed by atoms with Crippen LogP contribution < -0.4 is 16.0 Å². The van der Waals surface area contributed by atoms with Gasteiger partial charge in [-0.15, -0.1) is 0 Å². The Hall–Kier alpha value is -1.84. The third-order valence-corrected chi connectivity index (χ3v) is 4.19. The smallest absolute Gasteiger partial charge is 0.127 e. The standard InChI is InChI=1S/C18H22N2O/c1-2-13-7-3-4-10-15(13)17(20-19)16-11-5-8-14-9-6-12-21-18(14)16/h3-5,7-8,10-11,17,20H,2,6,9,12,19H2,1H3. The van der Waals surface area contributed by atoms with Gasteiger partial charge in [-0.05, 0) is 36.0 Å². The highest BCUT2D eigenvalue weighted by Crippen LogP contribution is 2.36. The summed E-state index contributed by atoms with van der Waals surface area (Å²) in [6, 6.07) is 14.8. The highest BCUT2D eigenvalue weighted by atomic mass is 16.5. The van der Waals surface area contributed by atoms with Crippen molar-refractivity contribution >= 4 is 0 Å². The first kappa shape index (κ1) is 14.1. The first-order valence-corrected chi connectivity index (χ1v) is 7.63. The van der Waals surface area contributed by atoms with Crippen molar-refractivity contribution in [2.75, 3.05) is 6.61 Å². The van der Waals surface area contributed by atoms with Crippen molar-refractivity contribution in [1.29, 1.82) is 0 Å². The molecule has 3 N–H and O–H groups in total. The van der Waals surface area contributed by atoms with E-state index >= 15 is 0 Å². The molecule has 0 radical (unpaired) electrons. The van der Waals surface area contributed by atoms with Gasteiger partial charge in [0.2, 0.25) is 0 Å². The molecule has 110 valence electrons. The fourth-order valence-corrected chi connectivity index (χ4v) is 3.13. The van der Waals surface area contributed by atoms with E-state index in [-0.39, 0.29) is 6.04 Å². The molecule has 1 aliphatic rings. The average molecular weight is 282 g/mol. The number of ether oxygens (including phenoxy) is 1. The summed E-state index contributed by atoms with van der Waals surface area (Å²) in [6.07, 6.45) is 3.16. The summed E-state index contributed by atoms with van der Waals surface area (Å²) in [7, 11) is 0. The molecule has 1 unspecified atom stereocenters. The molecule has 0 bridgehead atoms. The van der Waals surface area contributed by atoms with Gasteiger partial charge in [-0.3, -0.25) is 5.84 Å². The number of nitrogens with one attached hydrogen (secondary N) is 1. The second-order valence-electron chi connectivity index (χ2n) is 5.44. The van der Waals surface area contributed by atoms with Crippen LogP contribution in [-0.2, 0) is 12.8 Å². The molecular formula is C18H22N2O. The van der Waals surface area contributed by atoms with E-state index in [2.05, 4.69) is 54.8 Å². The lowest BCUT2D eigenvalue weighted by molar-refractivity contribution is 0.283. The van der Waals surface area contributed by atoms with E-state index in [1.54, 1.807) is 0 Å². The van der Waals surface area contributed by atoms with Crippen LogP contribution in [0.1, 0.15) is 41.6 Å². The Labute approximate surface area is 126 Å². The Bertz CT molecular complexity index is 624. The second kappa shape index (κ2) is 6.29. The fourth-order valence-electron chi connectivity index (χ4n) is 3.13. The van der Waals surface area contributed by atoms with Crippen LogP contribution >= 0.6 is 0 Å². The molecule has 2 aromatic rings. The van der Waals surface area contributed by atoms with Crippen molar-refractivity contribution in [2.24, 2.45) is 5.84 Å². The van der Waals surface area contributed by atoms with Gasteiger partial charge in [-0.1, -0.05) is 49.4 Å². The van der Waals surface area contributed by atoms with Crippen molar-refractivity contribution in [1.82, 2.24) is 5.43 Å². The van der Waals surface area contributed by atoms with Crippen LogP contribution in [0.15, 0.2) is 42.5 Å². The Morgan fingerprint density at radius 1 is 1.14 bits per heavy atom. The molecular weight excluding hydrogens is 260 g/mol. The van der Waals surface area contributed by atoms with Crippen LogP contribution in [0, 0.1) is 0 Å². The maximum Gasteiger partial charge on any atom is 0.127 e. The first-order chi connectivity index (χ1) is 10.3. The maximum atomic E-state index is 5.94. The van der Waals surface area contributed by atoms with E-state index in [4.69, 9.17) is 10.6 Å². The van der Waals surface area contributed by atoms with Gasteiger partial charge in [0, 0.05) is 5.56 Å². The van der Waals surface area contributed by atoms with Gasteiger partial charge in [0.15, 0.2) is 0 Å². The number of hydrogen-bond acceptors (Lipinski definition) is 3.